The monoisotopic (exact) mass is 287 g/mol. The van der Waals surface area contributed by atoms with Crippen molar-refractivity contribution in [3.05, 3.63) is 33.8 Å². The summed E-state index contributed by atoms with van der Waals surface area (Å²) in [6.45, 7) is 1.97. The molecule has 1 aliphatic heterocycles. The minimum atomic E-state index is -0.654. The van der Waals surface area contributed by atoms with Crippen LogP contribution in [0.25, 0.3) is 0 Å². The van der Waals surface area contributed by atoms with Crippen molar-refractivity contribution < 1.29 is 5.11 Å². The van der Waals surface area contributed by atoms with E-state index >= 15 is 0 Å². The van der Waals surface area contributed by atoms with E-state index in [1.165, 1.54) is 0 Å². The van der Waals surface area contributed by atoms with Crippen molar-refractivity contribution in [2.45, 2.75) is 31.3 Å². The lowest BCUT2D eigenvalue weighted by molar-refractivity contribution is 0.0263. The van der Waals surface area contributed by atoms with Gasteiger partial charge in [-0.2, -0.15) is 0 Å². The lowest BCUT2D eigenvalue weighted by Gasteiger charge is -2.27. The second kappa shape index (κ2) is 5.79. The van der Waals surface area contributed by atoms with Crippen LogP contribution in [0, 0.1) is 0 Å². The summed E-state index contributed by atoms with van der Waals surface area (Å²) in [5, 5.41) is 11.8. The van der Waals surface area contributed by atoms with Crippen molar-refractivity contribution >= 4 is 23.2 Å². The first kappa shape index (κ1) is 14.1. The summed E-state index contributed by atoms with van der Waals surface area (Å²) in [5.74, 6) is 0. The largest absolute Gasteiger partial charge is 0.389 e. The van der Waals surface area contributed by atoms with E-state index in [9.17, 15) is 5.11 Å². The third-order valence-corrected chi connectivity index (χ3v) is 4.55. The number of likely N-dealkylation sites (tertiary alicyclic amines) is 1. The zero-order valence-corrected chi connectivity index (χ0v) is 12.1. The van der Waals surface area contributed by atoms with E-state index in [0.29, 0.717) is 16.5 Å². The molecule has 1 aromatic rings. The Morgan fingerprint density at radius 2 is 2.06 bits per heavy atom. The molecule has 1 aromatic carbocycles. The molecule has 0 radical (unpaired) electrons. The zero-order chi connectivity index (χ0) is 13.2. The van der Waals surface area contributed by atoms with Crippen molar-refractivity contribution in [3.8, 4) is 0 Å². The molecule has 4 heteroatoms. The molecule has 1 atom stereocenters. The molecule has 1 unspecified atom stereocenters. The number of halogens is 2. The van der Waals surface area contributed by atoms with Crippen molar-refractivity contribution in [2.75, 3.05) is 20.1 Å². The maximum absolute atomic E-state index is 10.7. The molecule has 18 heavy (non-hydrogen) atoms. The first-order valence-corrected chi connectivity index (χ1v) is 7.10. The van der Waals surface area contributed by atoms with Gasteiger partial charge in [-0.15, -0.1) is 0 Å². The highest BCUT2D eigenvalue weighted by Crippen LogP contribution is 2.32. The highest BCUT2D eigenvalue weighted by Gasteiger charge is 2.30. The van der Waals surface area contributed by atoms with Crippen molar-refractivity contribution in [1.29, 1.82) is 0 Å². The van der Waals surface area contributed by atoms with E-state index in [0.717, 1.165) is 37.9 Å². The predicted molar refractivity (Wildman–Crippen MR) is 76.5 cm³/mol. The first-order valence-electron chi connectivity index (χ1n) is 6.34. The fourth-order valence-electron chi connectivity index (χ4n) is 2.53. The number of rotatable bonds is 2. The lowest BCUT2D eigenvalue weighted by Crippen LogP contribution is -2.32. The summed E-state index contributed by atoms with van der Waals surface area (Å²) in [6.07, 6.45) is 3.21. The molecule has 1 saturated heterocycles. The van der Waals surface area contributed by atoms with E-state index in [1.807, 2.05) is 12.1 Å². The Balaban J connectivity index is 2.14. The van der Waals surface area contributed by atoms with Gasteiger partial charge in [0.15, 0.2) is 0 Å². The number of aliphatic hydroxyl groups is 1. The standard InChI is InChI=1S/C14H19Cl2NO/c1-17-8-3-6-14(18,7-9-17)10-11-4-2-5-12(15)13(11)16/h2,4-5,18H,3,6-10H2,1H3. The molecular weight excluding hydrogens is 269 g/mol. The number of hydrogen-bond acceptors (Lipinski definition) is 2. The molecule has 1 fully saturated rings. The van der Waals surface area contributed by atoms with Crippen LogP contribution < -0.4 is 0 Å². The van der Waals surface area contributed by atoms with Crippen molar-refractivity contribution in [2.24, 2.45) is 0 Å². The summed E-state index contributed by atoms with van der Waals surface area (Å²) in [6, 6.07) is 5.61. The number of hydrogen-bond donors (Lipinski definition) is 1. The maximum Gasteiger partial charge on any atom is 0.0701 e. The number of benzene rings is 1. The summed E-state index contributed by atoms with van der Waals surface area (Å²) in [4.78, 5) is 2.26. The average Bonchev–Trinajstić information content (AvgIpc) is 2.48. The first-order chi connectivity index (χ1) is 8.50. The summed E-state index contributed by atoms with van der Waals surface area (Å²) in [7, 11) is 2.10. The highest BCUT2D eigenvalue weighted by molar-refractivity contribution is 6.42. The molecular formula is C14H19Cl2NO. The van der Waals surface area contributed by atoms with Crippen molar-refractivity contribution in [3.63, 3.8) is 0 Å². The minimum absolute atomic E-state index is 0.559. The van der Waals surface area contributed by atoms with Crippen LogP contribution in [-0.4, -0.2) is 35.7 Å². The van der Waals surface area contributed by atoms with Crippen molar-refractivity contribution in [1.82, 2.24) is 4.90 Å². The third-order valence-electron chi connectivity index (χ3n) is 3.69. The Bertz CT molecular complexity index is 424. The second-order valence-corrected chi connectivity index (χ2v) is 6.06. The molecule has 1 N–H and O–H groups in total. The third kappa shape index (κ3) is 3.39. The van der Waals surface area contributed by atoms with E-state index in [2.05, 4.69) is 11.9 Å². The average molecular weight is 288 g/mol. The maximum atomic E-state index is 10.7. The Labute approximate surface area is 119 Å². The van der Waals surface area contributed by atoms with Crippen LogP contribution in [0.15, 0.2) is 18.2 Å². The van der Waals surface area contributed by atoms with E-state index in [-0.39, 0.29) is 0 Å². The fourth-order valence-corrected chi connectivity index (χ4v) is 2.92. The van der Waals surface area contributed by atoms with Gasteiger partial charge in [-0.05, 0) is 44.5 Å². The minimum Gasteiger partial charge on any atom is -0.389 e. The highest BCUT2D eigenvalue weighted by atomic mass is 35.5. The van der Waals surface area contributed by atoms with Gasteiger partial charge in [0, 0.05) is 13.0 Å². The van der Waals surface area contributed by atoms with Gasteiger partial charge in [0.05, 0.1) is 15.6 Å². The molecule has 0 saturated carbocycles. The van der Waals surface area contributed by atoms with Gasteiger partial charge in [-0.3, -0.25) is 0 Å². The Morgan fingerprint density at radius 1 is 1.28 bits per heavy atom. The van der Waals surface area contributed by atoms with Gasteiger partial charge >= 0.3 is 0 Å². The van der Waals surface area contributed by atoms with Crippen LogP contribution in [0.2, 0.25) is 10.0 Å². The van der Waals surface area contributed by atoms with Gasteiger partial charge in [-0.1, -0.05) is 35.3 Å². The van der Waals surface area contributed by atoms with Crippen LogP contribution in [-0.2, 0) is 6.42 Å². The molecule has 0 aromatic heterocycles. The molecule has 0 aliphatic carbocycles. The molecule has 0 amide bonds. The van der Waals surface area contributed by atoms with Gasteiger partial charge < -0.3 is 10.0 Å². The quantitative estimate of drug-likeness (QED) is 0.901. The van der Waals surface area contributed by atoms with Gasteiger partial charge in [-0.25, -0.2) is 0 Å². The summed E-state index contributed by atoms with van der Waals surface area (Å²) >= 11 is 12.2. The zero-order valence-electron chi connectivity index (χ0n) is 10.6. The molecule has 0 spiro atoms. The molecule has 2 nitrogen and oxygen atoms in total. The Hall–Kier alpha value is -0.280. The van der Waals surface area contributed by atoms with E-state index in [4.69, 9.17) is 23.2 Å². The fraction of sp³-hybridized carbons (Fsp3) is 0.571. The molecule has 2 rings (SSSR count). The normalized spacial score (nSPS) is 26.0. The Morgan fingerprint density at radius 3 is 2.83 bits per heavy atom. The topological polar surface area (TPSA) is 23.5 Å². The smallest absolute Gasteiger partial charge is 0.0701 e. The SMILES string of the molecule is CN1CCCC(O)(Cc2cccc(Cl)c2Cl)CC1. The molecule has 100 valence electrons. The van der Waals surface area contributed by atoms with Gasteiger partial charge in [0.2, 0.25) is 0 Å². The lowest BCUT2D eigenvalue weighted by atomic mass is 9.88. The van der Waals surface area contributed by atoms with Crippen LogP contribution in [0.3, 0.4) is 0 Å². The summed E-state index contributed by atoms with van der Waals surface area (Å²) in [5.41, 5.74) is 0.287. The van der Waals surface area contributed by atoms with Crippen LogP contribution >= 0.6 is 23.2 Å². The van der Waals surface area contributed by atoms with Gasteiger partial charge in [0.1, 0.15) is 0 Å². The Kier molecular flexibility index (Phi) is 4.54. The van der Waals surface area contributed by atoms with E-state index in [1.54, 1.807) is 6.07 Å². The molecule has 0 bridgehead atoms. The molecule has 1 heterocycles. The molecule has 1 aliphatic rings. The predicted octanol–water partition coefficient (Wildman–Crippen LogP) is 3.38. The van der Waals surface area contributed by atoms with Crippen LogP contribution in [0.4, 0.5) is 0 Å². The van der Waals surface area contributed by atoms with E-state index < -0.39 is 5.60 Å². The van der Waals surface area contributed by atoms with Gasteiger partial charge in [0.25, 0.3) is 0 Å². The van der Waals surface area contributed by atoms with Crippen LogP contribution in [0.1, 0.15) is 24.8 Å². The summed E-state index contributed by atoms with van der Waals surface area (Å²) < 4.78 is 0. The second-order valence-electron chi connectivity index (χ2n) is 5.27. The number of nitrogens with zero attached hydrogens (tertiary/aromatic N) is 1. The van der Waals surface area contributed by atoms with Crippen LogP contribution in [0.5, 0.6) is 0 Å².